The van der Waals surface area contributed by atoms with Gasteiger partial charge in [-0.25, -0.2) is 4.98 Å². The Labute approximate surface area is 124 Å². The molecule has 20 heavy (non-hydrogen) atoms. The van der Waals surface area contributed by atoms with E-state index >= 15 is 0 Å². The van der Waals surface area contributed by atoms with E-state index in [9.17, 15) is 5.11 Å². The zero-order chi connectivity index (χ0) is 14.8. The van der Waals surface area contributed by atoms with Crippen molar-refractivity contribution in [2.75, 3.05) is 0 Å². The lowest BCUT2D eigenvalue weighted by atomic mass is 9.86. The Morgan fingerprint density at radius 3 is 2.45 bits per heavy atom. The zero-order valence-corrected chi connectivity index (χ0v) is 12.7. The van der Waals surface area contributed by atoms with Gasteiger partial charge in [0.1, 0.15) is 0 Å². The Hall–Kier alpha value is -1.58. The van der Waals surface area contributed by atoms with Crippen LogP contribution in [0.3, 0.4) is 0 Å². The lowest BCUT2D eigenvalue weighted by molar-refractivity contribution is 0.110. The summed E-state index contributed by atoms with van der Waals surface area (Å²) in [6.45, 7) is 6.01. The second kappa shape index (κ2) is 5.81. The average Bonchev–Trinajstić information content (AvgIpc) is 2.90. The van der Waals surface area contributed by atoms with Crippen LogP contribution >= 0.6 is 11.6 Å². The summed E-state index contributed by atoms with van der Waals surface area (Å²) in [5.41, 5.74) is 1.52. The van der Waals surface area contributed by atoms with Crippen molar-refractivity contribution in [3.8, 4) is 0 Å². The van der Waals surface area contributed by atoms with Crippen molar-refractivity contribution in [2.24, 2.45) is 5.41 Å². The minimum Gasteiger partial charge on any atom is -0.386 e. The standard InChI is InChI=1S/C16H19ClN2O/c1-16(2,3)15(20)14(19-9-8-18-11-19)10-12-4-6-13(17)7-5-12/h4-11,15,20H,1-3H3. The first-order valence-electron chi connectivity index (χ1n) is 6.51. The van der Waals surface area contributed by atoms with Crippen LogP contribution in [0.4, 0.5) is 0 Å². The topological polar surface area (TPSA) is 38.0 Å². The monoisotopic (exact) mass is 290 g/mol. The van der Waals surface area contributed by atoms with Gasteiger partial charge in [0.2, 0.25) is 0 Å². The molecule has 1 N–H and O–H groups in total. The minimum atomic E-state index is -0.604. The molecule has 2 rings (SSSR count). The van der Waals surface area contributed by atoms with Gasteiger partial charge in [-0.3, -0.25) is 0 Å². The number of aliphatic hydroxyl groups is 1. The molecule has 1 unspecified atom stereocenters. The number of aliphatic hydroxyl groups excluding tert-OH is 1. The molecule has 2 aromatic rings. The van der Waals surface area contributed by atoms with Crippen LogP contribution in [0, 0.1) is 5.41 Å². The molecular formula is C16H19ClN2O. The van der Waals surface area contributed by atoms with Gasteiger partial charge in [-0.1, -0.05) is 44.5 Å². The van der Waals surface area contributed by atoms with Crippen LogP contribution in [0.15, 0.2) is 43.0 Å². The van der Waals surface area contributed by atoms with Crippen LogP contribution in [-0.4, -0.2) is 20.8 Å². The molecule has 1 aromatic heterocycles. The maximum Gasteiger partial charge on any atom is 0.0991 e. The Kier molecular flexibility index (Phi) is 4.31. The smallest absolute Gasteiger partial charge is 0.0991 e. The number of aromatic nitrogens is 2. The second-order valence-electron chi connectivity index (χ2n) is 5.86. The molecule has 106 valence electrons. The van der Waals surface area contributed by atoms with Crippen LogP contribution in [-0.2, 0) is 0 Å². The fourth-order valence-corrected chi connectivity index (χ4v) is 2.01. The molecule has 0 bridgehead atoms. The number of nitrogens with zero attached hydrogens (tertiary/aromatic N) is 2. The molecule has 0 aliphatic rings. The third-order valence-electron chi connectivity index (χ3n) is 3.09. The van der Waals surface area contributed by atoms with E-state index in [0.717, 1.165) is 11.3 Å². The fraction of sp³-hybridized carbons (Fsp3) is 0.312. The van der Waals surface area contributed by atoms with E-state index in [1.54, 1.807) is 12.5 Å². The molecule has 0 spiro atoms. The highest BCUT2D eigenvalue weighted by Gasteiger charge is 2.26. The van der Waals surface area contributed by atoms with Crippen LogP contribution in [0.1, 0.15) is 26.3 Å². The molecule has 0 saturated heterocycles. The summed E-state index contributed by atoms with van der Waals surface area (Å²) in [6.07, 6.45) is 6.57. The molecule has 4 heteroatoms. The first-order valence-corrected chi connectivity index (χ1v) is 6.89. The second-order valence-corrected chi connectivity index (χ2v) is 6.30. The van der Waals surface area contributed by atoms with Gasteiger partial charge >= 0.3 is 0 Å². The predicted octanol–water partition coefficient (Wildman–Crippen LogP) is 3.94. The summed E-state index contributed by atoms with van der Waals surface area (Å²) in [5, 5.41) is 11.3. The van der Waals surface area contributed by atoms with E-state index < -0.39 is 6.10 Å². The quantitative estimate of drug-likeness (QED) is 0.930. The van der Waals surface area contributed by atoms with Crippen molar-refractivity contribution < 1.29 is 5.11 Å². The van der Waals surface area contributed by atoms with Crippen molar-refractivity contribution >= 4 is 23.4 Å². The van der Waals surface area contributed by atoms with Gasteiger partial charge < -0.3 is 9.67 Å². The molecule has 3 nitrogen and oxygen atoms in total. The number of imidazole rings is 1. The zero-order valence-electron chi connectivity index (χ0n) is 11.9. The molecule has 0 aliphatic carbocycles. The van der Waals surface area contributed by atoms with Crippen LogP contribution in [0.2, 0.25) is 5.02 Å². The summed E-state index contributed by atoms with van der Waals surface area (Å²) in [4.78, 5) is 4.05. The van der Waals surface area contributed by atoms with Crippen LogP contribution < -0.4 is 0 Å². The van der Waals surface area contributed by atoms with Gasteiger partial charge in [0, 0.05) is 17.4 Å². The van der Waals surface area contributed by atoms with E-state index in [4.69, 9.17) is 11.6 Å². The summed E-state index contributed by atoms with van der Waals surface area (Å²) < 4.78 is 1.84. The third-order valence-corrected chi connectivity index (χ3v) is 3.34. The SMILES string of the molecule is CC(C)(C)C(O)C(=Cc1ccc(Cl)cc1)n1ccnc1. The maximum absolute atomic E-state index is 10.6. The van der Waals surface area contributed by atoms with E-state index in [1.807, 2.05) is 61.9 Å². The number of halogens is 1. The fourth-order valence-electron chi connectivity index (χ4n) is 1.88. The van der Waals surface area contributed by atoms with Gasteiger partial charge in [0.25, 0.3) is 0 Å². The Bertz CT molecular complexity index is 580. The first kappa shape index (κ1) is 14.8. The molecule has 1 aromatic carbocycles. The Morgan fingerprint density at radius 2 is 1.95 bits per heavy atom. The third kappa shape index (κ3) is 3.50. The normalized spacial score (nSPS) is 14.3. The van der Waals surface area contributed by atoms with E-state index in [-0.39, 0.29) is 5.41 Å². The van der Waals surface area contributed by atoms with Crippen molar-refractivity contribution in [2.45, 2.75) is 26.9 Å². The molecular weight excluding hydrogens is 272 g/mol. The highest BCUT2D eigenvalue weighted by molar-refractivity contribution is 6.30. The van der Waals surface area contributed by atoms with E-state index in [0.29, 0.717) is 5.02 Å². The summed E-state index contributed by atoms with van der Waals surface area (Å²) in [6, 6.07) is 7.52. The molecule has 0 amide bonds. The van der Waals surface area contributed by atoms with Gasteiger partial charge in [0.15, 0.2) is 0 Å². The van der Waals surface area contributed by atoms with E-state index in [1.165, 1.54) is 0 Å². The molecule has 0 aliphatic heterocycles. The lowest BCUT2D eigenvalue weighted by Gasteiger charge is -2.28. The maximum atomic E-state index is 10.6. The van der Waals surface area contributed by atoms with E-state index in [2.05, 4.69) is 4.98 Å². The number of benzene rings is 1. The Balaban J connectivity index is 2.44. The highest BCUT2D eigenvalue weighted by atomic mass is 35.5. The van der Waals surface area contributed by atoms with Crippen LogP contribution in [0.25, 0.3) is 11.8 Å². The van der Waals surface area contributed by atoms with Gasteiger partial charge in [-0.15, -0.1) is 0 Å². The van der Waals surface area contributed by atoms with Crippen molar-refractivity contribution in [3.63, 3.8) is 0 Å². The summed E-state index contributed by atoms with van der Waals surface area (Å²) >= 11 is 5.90. The largest absolute Gasteiger partial charge is 0.386 e. The molecule has 1 atom stereocenters. The van der Waals surface area contributed by atoms with Gasteiger partial charge in [0.05, 0.1) is 18.1 Å². The minimum absolute atomic E-state index is 0.261. The van der Waals surface area contributed by atoms with Gasteiger partial charge in [-0.2, -0.15) is 0 Å². The predicted molar refractivity (Wildman–Crippen MR) is 83.3 cm³/mol. The lowest BCUT2D eigenvalue weighted by Crippen LogP contribution is -2.29. The first-order chi connectivity index (χ1) is 9.38. The summed E-state index contributed by atoms with van der Waals surface area (Å²) in [7, 11) is 0. The average molecular weight is 291 g/mol. The number of hydrogen-bond donors (Lipinski definition) is 1. The Morgan fingerprint density at radius 1 is 1.30 bits per heavy atom. The summed E-state index contributed by atoms with van der Waals surface area (Å²) in [5.74, 6) is 0. The highest BCUT2D eigenvalue weighted by Crippen LogP contribution is 2.29. The van der Waals surface area contributed by atoms with Crippen molar-refractivity contribution in [3.05, 3.63) is 53.6 Å². The van der Waals surface area contributed by atoms with Crippen molar-refractivity contribution in [1.29, 1.82) is 0 Å². The number of hydrogen-bond acceptors (Lipinski definition) is 2. The molecule has 0 saturated carbocycles. The van der Waals surface area contributed by atoms with Gasteiger partial charge in [-0.05, 0) is 29.2 Å². The van der Waals surface area contributed by atoms with Crippen molar-refractivity contribution in [1.82, 2.24) is 9.55 Å². The molecule has 0 fully saturated rings. The molecule has 0 radical (unpaired) electrons. The number of rotatable bonds is 3. The van der Waals surface area contributed by atoms with Crippen LogP contribution in [0.5, 0.6) is 0 Å². The molecule has 1 heterocycles.